The van der Waals surface area contributed by atoms with Crippen molar-refractivity contribution in [3.8, 4) is 5.75 Å². The number of nitrogens with zero attached hydrogens (tertiary/aromatic N) is 1. The third-order valence-corrected chi connectivity index (χ3v) is 3.82. The number of hydrogen-bond acceptors (Lipinski definition) is 3. The van der Waals surface area contributed by atoms with E-state index in [-0.39, 0.29) is 6.04 Å². The Balaban J connectivity index is 2.02. The van der Waals surface area contributed by atoms with Crippen LogP contribution in [0.4, 0.5) is 5.69 Å². The smallest absolute Gasteiger partial charge is 0.119 e. The molecular formula is C19H20N2O. The van der Waals surface area contributed by atoms with Gasteiger partial charge in [0.1, 0.15) is 5.75 Å². The Bertz CT molecular complexity index is 784. The molecule has 1 unspecified atom stereocenters. The predicted molar refractivity (Wildman–Crippen MR) is 91.5 cm³/mol. The van der Waals surface area contributed by atoms with Gasteiger partial charge < -0.3 is 10.1 Å². The molecule has 3 nitrogen and oxygen atoms in total. The lowest BCUT2D eigenvalue weighted by Crippen LogP contribution is -2.07. The van der Waals surface area contributed by atoms with Crippen LogP contribution in [0.5, 0.6) is 5.75 Å². The van der Waals surface area contributed by atoms with Crippen LogP contribution in [0.3, 0.4) is 0 Å². The van der Waals surface area contributed by atoms with Gasteiger partial charge in [-0.25, -0.2) is 0 Å². The van der Waals surface area contributed by atoms with Crippen LogP contribution in [-0.4, -0.2) is 12.1 Å². The Morgan fingerprint density at radius 3 is 2.55 bits per heavy atom. The summed E-state index contributed by atoms with van der Waals surface area (Å²) in [4.78, 5) is 4.60. The second-order valence-corrected chi connectivity index (χ2v) is 5.47. The second-order valence-electron chi connectivity index (χ2n) is 5.47. The molecule has 0 saturated carbocycles. The number of aromatic nitrogens is 1. The van der Waals surface area contributed by atoms with Crippen molar-refractivity contribution in [3.63, 3.8) is 0 Å². The Kier molecular flexibility index (Phi) is 3.96. The first-order chi connectivity index (χ1) is 10.7. The lowest BCUT2D eigenvalue weighted by atomic mass is 10.1. The molecule has 3 aromatic rings. The van der Waals surface area contributed by atoms with E-state index in [1.165, 1.54) is 5.56 Å². The molecule has 0 amide bonds. The van der Waals surface area contributed by atoms with Gasteiger partial charge in [-0.1, -0.05) is 30.3 Å². The van der Waals surface area contributed by atoms with E-state index in [9.17, 15) is 0 Å². The van der Waals surface area contributed by atoms with Gasteiger partial charge in [-0.15, -0.1) is 0 Å². The molecule has 0 aliphatic heterocycles. The standard InChI is InChI=1S/C19H20N2O/c1-13-11-19(21-14(2)15-7-5-4-6-8-15)17-12-16(22-3)9-10-18(17)20-13/h4-12,14H,1-3H3,(H,20,21). The molecule has 1 atom stereocenters. The van der Waals surface area contributed by atoms with Crippen molar-refractivity contribution in [1.29, 1.82) is 0 Å². The highest BCUT2D eigenvalue weighted by molar-refractivity contribution is 5.92. The minimum Gasteiger partial charge on any atom is -0.497 e. The van der Waals surface area contributed by atoms with Gasteiger partial charge in [0.05, 0.1) is 12.6 Å². The average Bonchev–Trinajstić information content (AvgIpc) is 2.55. The van der Waals surface area contributed by atoms with Crippen molar-refractivity contribution >= 4 is 16.6 Å². The summed E-state index contributed by atoms with van der Waals surface area (Å²) in [7, 11) is 1.68. The van der Waals surface area contributed by atoms with Crippen LogP contribution in [0.2, 0.25) is 0 Å². The van der Waals surface area contributed by atoms with E-state index < -0.39 is 0 Å². The summed E-state index contributed by atoms with van der Waals surface area (Å²) < 4.78 is 5.34. The highest BCUT2D eigenvalue weighted by Gasteiger charge is 2.10. The second kappa shape index (κ2) is 6.06. The fourth-order valence-electron chi connectivity index (χ4n) is 2.64. The van der Waals surface area contributed by atoms with Gasteiger partial charge in [-0.3, -0.25) is 4.98 Å². The molecule has 0 radical (unpaired) electrons. The molecule has 3 rings (SSSR count). The minimum atomic E-state index is 0.220. The summed E-state index contributed by atoms with van der Waals surface area (Å²) in [6, 6.07) is 18.7. The first-order valence-electron chi connectivity index (χ1n) is 7.44. The van der Waals surface area contributed by atoms with Gasteiger partial charge in [0, 0.05) is 22.8 Å². The Hall–Kier alpha value is -2.55. The molecule has 112 valence electrons. The molecule has 0 fully saturated rings. The summed E-state index contributed by atoms with van der Waals surface area (Å²) >= 11 is 0. The third kappa shape index (κ3) is 2.89. The molecule has 22 heavy (non-hydrogen) atoms. The van der Waals surface area contributed by atoms with Crippen molar-refractivity contribution < 1.29 is 4.74 Å². The fraction of sp³-hybridized carbons (Fsp3) is 0.211. The summed E-state index contributed by atoms with van der Waals surface area (Å²) in [5.41, 5.74) is 4.31. The van der Waals surface area contributed by atoms with Crippen LogP contribution in [-0.2, 0) is 0 Å². The number of ether oxygens (including phenoxy) is 1. The Morgan fingerprint density at radius 2 is 1.82 bits per heavy atom. The number of anilines is 1. The Morgan fingerprint density at radius 1 is 1.05 bits per heavy atom. The zero-order valence-electron chi connectivity index (χ0n) is 13.1. The zero-order valence-corrected chi connectivity index (χ0v) is 13.1. The number of rotatable bonds is 4. The number of nitrogens with one attached hydrogen (secondary N) is 1. The lowest BCUT2D eigenvalue weighted by Gasteiger charge is -2.18. The molecule has 0 aliphatic carbocycles. The number of pyridine rings is 1. The quantitative estimate of drug-likeness (QED) is 0.755. The monoisotopic (exact) mass is 292 g/mol. The van der Waals surface area contributed by atoms with E-state index in [0.29, 0.717) is 0 Å². The van der Waals surface area contributed by atoms with Crippen LogP contribution in [0.1, 0.15) is 24.2 Å². The maximum absolute atomic E-state index is 5.34. The molecule has 1 heterocycles. The number of fused-ring (bicyclic) bond motifs is 1. The van der Waals surface area contributed by atoms with Crippen LogP contribution >= 0.6 is 0 Å². The van der Waals surface area contributed by atoms with Crippen LogP contribution in [0.15, 0.2) is 54.6 Å². The Labute approximate surface area is 131 Å². The maximum atomic E-state index is 5.34. The van der Waals surface area contributed by atoms with E-state index >= 15 is 0 Å². The van der Waals surface area contributed by atoms with Gasteiger partial charge >= 0.3 is 0 Å². The normalized spacial score (nSPS) is 12.1. The molecule has 1 N–H and O–H groups in total. The fourth-order valence-corrected chi connectivity index (χ4v) is 2.64. The molecule has 3 heteroatoms. The van der Waals surface area contributed by atoms with Gasteiger partial charge in [0.25, 0.3) is 0 Å². The number of hydrogen-bond donors (Lipinski definition) is 1. The summed E-state index contributed by atoms with van der Waals surface area (Å²) in [6.45, 7) is 4.18. The molecule has 0 aliphatic rings. The first-order valence-corrected chi connectivity index (χ1v) is 7.44. The average molecular weight is 292 g/mol. The topological polar surface area (TPSA) is 34.1 Å². The maximum Gasteiger partial charge on any atom is 0.119 e. The third-order valence-electron chi connectivity index (χ3n) is 3.82. The molecule has 0 spiro atoms. The molecule has 0 saturated heterocycles. The van der Waals surface area contributed by atoms with Crippen LogP contribution in [0, 0.1) is 6.92 Å². The molecular weight excluding hydrogens is 272 g/mol. The van der Waals surface area contributed by atoms with Crippen LogP contribution in [0.25, 0.3) is 10.9 Å². The van der Waals surface area contributed by atoms with Crippen molar-refractivity contribution in [1.82, 2.24) is 4.98 Å². The van der Waals surface area contributed by atoms with Gasteiger partial charge in [-0.2, -0.15) is 0 Å². The van der Waals surface area contributed by atoms with Crippen molar-refractivity contribution in [2.75, 3.05) is 12.4 Å². The summed E-state index contributed by atoms with van der Waals surface area (Å²) in [5.74, 6) is 0.841. The summed E-state index contributed by atoms with van der Waals surface area (Å²) in [6.07, 6.45) is 0. The number of methoxy groups -OCH3 is 1. The molecule has 0 bridgehead atoms. The van der Waals surface area contributed by atoms with E-state index in [4.69, 9.17) is 4.74 Å². The van der Waals surface area contributed by atoms with Gasteiger partial charge in [0.2, 0.25) is 0 Å². The van der Waals surface area contributed by atoms with Gasteiger partial charge in [0.15, 0.2) is 0 Å². The largest absolute Gasteiger partial charge is 0.497 e. The highest BCUT2D eigenvalue weighted by atomic mass is 16.5. The van der Waals surface area contributed by atoms with E-state index in [1.807, 2.05) is 31.2 Å². The van der Waals surface area contributed by atoms with Crippen molar-refractivity contribution in [3.05, 3.63) is 65.9 Å². The summed E-state index contributed by atoms with van der Waals surface area (Å²) in [5, 5.41) is 4.67. The zero-order chi connectivity index (χ0) is 15.5. The van der Waals surface area contributed by atoms with Crippen molar-refractivity contribution in [2.45, 2.75) is 19.9 Å². The van der Waals surface area contributed by atoms with Crippen LogP contribution < -0.4 is 10.1 Å². The van der Waals surface area contributed by atoms with E-state index in [0.717, 1.165) is 28.0 Å². The lowest BCUT2D eigenvalue weighted by molar-refractivity contribution is 0.415. The molecule has 1 aromatic heterocycles. The van der Waals surface area contributed by atoms with Crippen molar-refractivity contribution in [2.24, 2.45) is 0 Å². The number of aryl methyl sites for hydroxylation is 1. The van der Waals surface area contributed by atoms with E-state index in [2.05, 4.69) is 47.6 Å². The SMILES string of the molecule is COc1ccc2nc(C)cc(NC(C)c3ccccc3)c2c1. The molecule has 2 aromatic carbocycles. The predicted octanol–water partition coefficient (Wildman–Crippen LogP) is 4.72. The highest BCUT2D eigenvalue weighted by Crippen LogP contribution is 2.29. The van der Waals surface area contributed by atoms with Gasteiger partial charge in [-0.05, 0) is 43.7 Å². The minimum absolute atomic E-state index is 0.220. The van der Waals surface area contributed by atoms with E-state index in [1.54, 1.807) is 7.11 Å². The number of benzene rings is 2. The first kappa shape index (κ1) is 14.4.